The summed E-state index contributed by atoms with van der Waals surface area (Å²) in [4.78, 5) is 10.1. The second kappa shape index (κ2) is 5.68. The van der Waals surface area contributed by atoms with E-state index in [9.17, 15) is 10.1 Å². The molecule has 0 saturated carbocycles. The molecule has 0 bridgehead atoms. The van der Waals surface area contributed by atoms with Crippen LogP contribution in [0.15, 0.2) is 24.3 Å². The van der Waals surface area contributed by atoms with E-state index in [1.807, 2.05) is 0 Å². The zero-order chi connectivity index (χ0) is 11.3. The summed E-state index contributed by atoms with van der Waals surface area (Å²) in [6.07, 6.45) is 0.391. The predicted molar refractivity (Wildman–Crippen MR) is 57.8 cm³/mol. The lowest BCUT2D eigenvalue weighted by molar-refractivity contribution is -0.483. The third kappa shape index (κ3) is 3.85. The van der Waals surface area contributed by atoms with Gasteiger partial charge in [0, 0.05) is 16.6 Å². The number of rotatable bonds is 5. The summed E-state index contributed by atoms with van der Waals surface area (Å²) in [5.74, 6) is -0.248. The van der Waals surface area contributed by atoms with Gasteiger partial charge in [0.25, 0.3) is 0 Å². The molecule has 5 heteroatoms. The topological polar surface area (TPSA) is 63.4 Å². The Labute approximate surface area is 92.6 Å². The average molecular weight is 230 g/mol. The van der Waals surface area contributed by atoms with Crippen LogP contribution >= 0.6 is 11.6 Å². The highest BCUT2D eigenvalue weighted by Gasteiger charge is 2.16. The van der Waals surface area contributed by atoms with Gasteiger partial charge in [0.05, 0.1) is 5.92 Å². The first-order valence-electron chi connectivity index (χ1n) is 4.61. The second-order valence-corrected chi connectivity index (χ2v) is 3.71. The van der Waals surface area contributed by atoms with Gasteiger partial charge >= 0.3 is 0 Å². The van der Waals surface area contributed by atoms with E-state index in [1.165, 1.54) is 0 Å². The minimum Gasteiger partial charge on any atom is -0.396 e. The van der Waals surface area contributed by atoms with Gasteiger partial charge in [-0.05, 0) is 24.1 Å². The largest absolute Gasteiger partial charge is 0.396 e. The Bertz CT molecular complexity index is 326. The van der Waals surface area contributed by atoms with Crippen LogP contribution in [-0.4, -0.2) is 23.2 Å². The van der Waals surface area contributed by atoms with Gasteiger partial charge < -0.3 is 5.11 Å². The Balaban J connectivity index is 2.78. The number of aliphatic hydroxyl groups is 1. The molecule has 1 aromatic carbocycles. The van der Waals surface area contributed by atoms with Crippen molar-refractivity contribution in [1.29, 1.82) is 0 Å². The van der Waals surface area contributed by atoms with E-state index in [0.29, 0.717) is 11.4 Å². The molecule has 15 heavy (non-hydrogen) atoms. The lowest BCUT2D eigenvalue weighted by Gasteiger charge is -2.11. The Kier molecular flexibility index (Phi) is 4.52. The maximum atomic E-state index is 10.4. The standard InChI is InChI=1S/C10H12ClNO3/c11-10-3-1-8(2-4-10)9(5-6-13)7-12(14)15/h1-4,9,13H,5-7H2/t9-/m0/s1. The summed E-state index contributed by atoms with van der Waals surface area (Å²) in [5, 5.41) is 19.8. The zero-order valence-electron chi connectivity index (χ0n) is 8.10. The fourth-order valence-corrected chi connectivity index (χ4v) is 1.56. The number of halogens is 1. The highest BCUT2D eigenvalue weighted by Crippen LogP contribution is 2.21. The van der Waals surface area contributed by atoms with Crippen LogP contribution in [0.5, 0.6) is 0 Å². The molecule has 0 aromatic heterocycles. The molecule has 4 nitrogen and oxygen atoms in total. The molecule has 1 atom stereocenters. The molecular weight excluding hydrogens is 218 g/mol. The summed E-state index contributed by atoms with van der Waals surface area (Å²) >= 11 is 5.72. The van der Waals surface area contributed by atoms with Crippen molar-refractivity contribution in [1.82, 2.24) is 0 Å². The zero-order valence-corrected chi connectivity index (χ0v) is 8.85. The van der Waals surface area contributed by atoms with Crippen LogP contribution in [0.4, 0.5) is 0 Å². The Morgan fingerprint density at radius 2 is 2.00 bits per heavy atom. The number of aliphatic hydroxyl groups excluding tert-OH is 1. The Hall–Kier alpha value is -1.13. The van der Waals surface area contributed by atoms with E-state index < -0.39 is 0 Å². The van der Waals surface area contributed by atoms with Gasteiger partial charge in [-0.3, -0.25) is 10.1 Å². The van der Waals surface area contributed by atoms with E-state index >= 15 is 0 Å². The van der Waals surface area contributed by atoms with Crippen LogP contribution in [0.25, 0.3) is 0 Å². The molecule has 0 aliphatic rings. The average Bonchev–Trinajstić information content (AvgIpc) is 2.17. The first-order chi connectivity index (χ1) is 7.13. The van der Waals surface area contributed by atoms with Crippen LogP contribution in [0, 0.1) is 10.1 Å². The van der Waals surface area contributed by atoms with Crippen molar-refractivity contribution >= 4 is 11.6 Å². The molecule has 0 radical (unpaired) electrons. The van der Waals surface area contributed by atoms with Crippen molar-refractivity contribution in [3.63, 3.8) is 0 Å². The molecule has 1 N–H and O–H groups in total. The smallest absolute Gasteiger partial charge is 0.210 e. The summed E-state index contributed by atoms with van der Waals surface area (Å²) in [6, 6.07) is 6.90. The molecule has 1 aromatic rings. The summed E-state index contributed by atoms with van der Waals surface area (Å²) in [5.41, 5.74) is 0.838. The number of benzene rings is 1. The third-order valence-corrected chi connectivity index (χ3v) is 2.44. The van der Waals surface area contributed by atoms with Gasteiger partial charge in [0.2, 0.25) is 6.54 Å². The molecule has 0 heterocycles. The minimum absolute atomic E-state index is 0.0544. The van der Waals surface area contributed by atoms with Crippen molar-refractivity contribution in [2.24, 2.45) is 0 Å². The van der Waals surface area contributed by atoms with Crippen molar-refractivity contribution in [3.05, 3.63) is 45.0 Å². The molecule has 0 fully saturated rings. The van der Waals surface area contributed by atoms with Crippen molar-refractivity contribution in [2.75, 3.05) is 13.2 Å². The van der Waals surface area contributed by atoms with E-state index in [4.69, 9.17) is 16.7 Å². The fourth-order valence-electron chi connectivity index (χ4n) is 1.43. The van der Waals surface area contributed by atoms with Crippen molar-refractivity contribution < 1.29 is 10.0 Å². The molecule has 0 aliphatic carbocycles. The number of hydrogen-bond acceptors (Lipinski definition) is 3. The van der Waals surface area contributed by atoms with Gasteiger partial charge in [-0.1, -0.05) is 23.7 Å². The van der Waals surface area contributed by atoms with Gasteiger partial charge in [0.15, 0.2) is 0 Å². The number of nitro groups is 1. The normalized spacial score (nSPS) is 12.4. The van der Waals surface area contributed by atoms with Gasteiger partial charge in [-0.25, -0.2) is 0 Å². The van der Waals surface area contributed by atoms with E-state index in [0.717, 1.165) is 5.56 Å². The quantitative estimate of drug-likeness (QED) is 0.621. The monoisotopic (exact) mass is 229 g/mol. The van der Waals surface area contributed by atoms with Crippen LogP contribution in [0.2, 0.25) is 5.02 Å². The van der Waals surface area contributed by atoms with E-state index in [-0.39, 0.29) is 24.0 Å². The predicted octanol–water partition coefficient (Wildman–Crippen LogP) is 2.08. The van der Waals surface area contributed by atoms with Crippen molar-refractivity contribution in [2.45, 2.75) is 12.3 Å². The highest BCUT2D eigenvalue weighted by molar-refractivity contribution is 6.30. The first-order valence-corrected chi connectivity index (χ1v) is 4.99. The number of hydrogen-bond donors (Lipinski definition) is 1. The molecule has 1 rings (SSSR count). The molecule has 0 amide bonds. The van der Waals surface area contributed by atoms with Gasteiger partial charge in [-0.15, -0.1) is 0 Å². The summed E-state index contributed by atoms with van der Waals surface area (Å²) < 4.78 is 0. The number of nitrogens with zero attached hydrogens (tertiary/aromatic N) is 1. The van der Waals surface area contributed by atoms with E-state index in [1.54, 1.807) is 24.3 Å². The molecular formula is C10H12ClNO3. The Morgan fingerprint density at radius 1 is 1.40 bits per heavy atom. The fraction of sp³-hybridized carbons (Fsp3) is 0.400. The third-order valence-electron chi connectivity index (χ3n) is 2.19. The van der Waals surface area contributed by atoms with Crippen LogP contribution in [0.1, 0.15) is 17.9 Å². The molecule has 0 saturated heterocycles. The first kappa shape index (κ1) is 11.9. The summed E-state index contributed by atoms with van der Waals surface area (Å²) in [6.45, 7) is -0.219. The maximum absolute atomic E-state index is 10.4. The summed E-state index contributed by atoms with van der Waals surface area (Å²) in [7, 11) is 0. The van der Waals surface area contributed by atoms with Gasteiger partial charge in [0.1, 0.15) is 0 Å². The Morgan fingerprint density at radius 3 is 2.47 bits per heavy atom. The lowest BCUT2D eigenvalue weighted by Crippen LogP contribution is -2.13. The maximum Gasteiger partial charge on any atom is 0.210 e. The highest BCUT2D eigenvalue weighted by atomic mass is 35.5. The molecule has 0 spiro atoms. The van der Waals surface area contributed by atoms with E-state index in [2.05, 4.69) is 0 Å². The van der Waals surface area contributed by atoms with Crippen LogP contribution in [-0.2, 0) is 0 Å². The van der Waals surface area contributed by atoms with Crippen LogP contribution < -0.4 is 0 Å². The van der Waals surface area contributed by atoms with Crippen LogP contribution in [0.3, 0.4) is 0 Å². The molecule has 0 unspecified atom stereocenters. The molecule has 0 aliphatic heterocycles. The lowest BCUT2D eigenvalue weighted by atomic mass is 9.96. The SMILES string of the molecule is O=[N+]([O-])C[C@H](CCO)c1ccc(Cl)cc1. The van der Waals surface area contributed by atoms with Gasteiger partial charge in [-0.2, -0.15) is 0 Å². The minimum atomic E-state index is -0.366. The second-order valence-electron chi connectivity index (χ2n) is 3.28. The van der Waals surface area contributed by atoms with Crippen molar-refractivity contribution in [3.8, 4) is 0 Å². The molecule has 82 valence electrons.